The Morgan fingerprint density at radius 1 is 1.06 bits per heavy atom. The van der Waals surface area contributed by atoms with Crippen LogP contribution in [-0.2, 0) is 12.6 Å². The first-order valence-electron chi connectivity index (χ1n) is 10.4. The van der Waals surface area contributed by atoms with Crippen molar-refractivity contribution in [1.82, 2.24) is 19.7 Å². The summed E-state index contributed by atoms with van der Waals surface area (Å²) in [6.07, 6.45) is 0.461. The fourth-order valence-corrected chi connectivity index (χ4v) is 3.92. The number of hydrogen-bond acceptors (Lipinski definition) is 4. The molecule has 0 unspecified atom stereocenters. The molecule has 3 aromatic heterocycles. The maximum Gasteiger partial charge on any atom is 0.434 e. The molecular weight excluding hydrogens is 407 g/mol. The Hall–Kier alpha value is -3.10. The number of pyridine rings is 2. The van der Waals surface area contributed by atoms with E-state index in [4.69, 9.17) is 0 Å². The third-order valence-electron chi connectivity index (χ3n) is 5.60. The first-order valence-corrected chi connectivity index (χ1v) is 10.4. The minimum absolute atomic E-state index is 0.0542. The fourth-order valence-electron chi connectivity index (χ4n) is 3.92. The van der Waals surface area contributed by atoms with Crippen molar-refractivity contribution in [1.29, 1.82) is 0 Å². The lowest BCUT2D eigenvalue weighted by atomic mass is 9.91. The number of carbonyl (C=O) groups is 1. The highest BCUT2D eigenvalue weighted by Gasteiger charge is 2.34. The molecule has 31 heavy (non-hydrogen) atoms. The smallest absolute Gasteiger partial charge is 0.368 e. The summed E-state index contributed by atoms with van der Waals surface area (Å²) in [6, 6.07) is 10.6. The molecule has 0 saturated heterocycles. The van der Waals surface area contributed by atoms with E-state index in [2.05, 4.69) is 20.6 Å². The summed E-state index contributed by atoms with van der Waals surface area (Å²) in [5.74, 6) is 0.406. The minimum Gasteiger partial charge on any atom is -0.368 e. The normalized spacial score (nSPS) is 19.4. The molecule has 1 aliphatic rings. The van der Waals surface area contributed by atoms with Gasteiger partial charge in [-0.1, -0.05) is 19.1 Å². The highest BCUT2D eigenvalue weighted by molar-refractivity contribution is 5.92. The van der Waals surface area contributed by atoms with E-state index in [9.17, 15) is 18.0 Å². The van der Waals surface area contributed by atoms with Gasteiger partial charge in [0.2, 0.25) is 0 Å². The topological polar surface area (TPSA) is 71.3 Å². The second kappa shape index (κ2) is 8.56. The number of carbonyl (C=O) groups excluding carboxylic acids is 1. The van der Waals surface area contributed by atoms with Crippen LogP contribution in [0, 0.1) is 0 Å². The van der Waals surface area contributed by atoms with Crippen molar-refractivity contribution in [2.75, 3.05) is 5.32 Å². The molecule has 1 amide bonds. The highest BCUT2D eigenvalue weighted by atomic mass is 19.4. The number of nitrogens with one attached hydrogen (secondary N) is 2. The van der Waals surface area contributed by atoms with Crippen molar-refractivity contribution in [3.63, 3.8) is 0 Å². The van der Waals surface area contributed by atoms with Crippen LogP contribution >= 0.6 is 0 Å². The van der Waals surface area contributed by atoms with Crippen molar-refractivity contribution in [3.8, 4) is 0 Å². The minimum atomic E-state index is -4.48. The quantitative estimate of drug-likeness (QED) is 0.626. The first-order chi connectivity index (χ1) is 14.8. The molecule has 0 aromatic carbocycles. The summed E-state index contributed by atoms with van der Waals surface area (Å²) < 4.78 is 40.4. The van der Waals surface area contributed by atoms with Crippen LogP contribution in [0.15, 0.2) is 42.6 Å². The third kappa shape index (κ3) is 4.81. The highest BCUT2D eigenvalue weighted by Crippen LogP contribution is 2.30. The predicted molar refractivity (Wildman–Crippen MR) is 111 cm³/mol. The van der Waals surface area contributed by atoms with Gasteiger partial charge in [-0.05, 0) is 56.4 Å². The maximum atomic E-state index is 13.0. The van der Waals surface area contributed by atoms with Gasteiger partial charge in [-0.15, -0.1) is 0 Å². The Bertz CT molecular complexity index is 1070. The van der Waals surface area contributed by atoms with E-state index in [0.29, 0.717) is 11.5 Å². The van der Waals surface area contributed by atoms with E-state index in [0.717, 1.165) is 44.0 Å². The predicted octanol–water partition coefficient (Wildman–Crippen LogP) is 4.46. The summed E-state index contributed by atoms with van der Waals surface area (Å²) in [4.78, 5) is 20.5. The van der Waals surface area contributed by atoms with Gasteiger partial charge in [0.25, 0.3) is 5.91 Å². The van der Waals surface area contributed by atoms with Crippen LogP contribution in [0.1, 0.15) is 54.5 Å². The number of anilines is 1. The van der Waals surface area contributed by atoms with Crippen molar-refractivity contribution in [2.45, 2.75) is 57.3 Å². The number of aromatic nitrogens is 3. The molecule has 0 atom stereocenters. The van der Waals surface area contributed by atoms with Crippen molar-refractivity contribution < 1.29 is 18.0 Å². The monoisotopic (exact) mass is 431 g/mol. The average Bonchev–Trinajstić information content (AvgIpc) is 3.21. The van der Waals surface area contributed by atoms with Gasteiger partial charge in [-0.2, -0.15) is 13.2 Å². The van der Waals surface area contributed by atoms with E-state index in [1.54, 1.807) is 24.3 Å². The van der Waals surface area contributed by atoms with E-state index < -0.39 is 11.9 Å². The van der Waals surface area contributed by atoms with Crippen LogP contribution in [0.5, 0.6) is 0 Å². The van der Waals surface area contributed by atoms with Crippen LogP contribution in [0.25, 0.3) is 5.65 Å². The molecule has 1 saturated carbocycles. The zero-order chi connectivity index (χ0) is 22.0. The lowest BCUT2D eigenvalue weighted by Crippen LogP contribution is -2.40. The standard InChI is InChI=1S/C22H24F3N5O/c1-2-14-5-3-6-17(26-14)21(31)28-16-11-9-15(10-12-16)27-19-7-4-8-20-29-18(13-30(19)20)22(23,24)25/h3-8,13,15-16,27H,2,9-12H2,1H3,(H,28,31). The van der Waals surface area contributed by atoms with Crippen LogP contribution in [0.2, 0.25) is 0 Å². The molecule has 6 nitrogen and oxygen atoms in total. The lowest BCUT2D eigenvalue weighted by molar-refractivity contribution is -0.140. The van der Waals surface area contributed by atoms with Crippen LogP contribution < -0.4 is 10.6 Å². The molecule has 0 spiro atoms. The van der Waals surface area contributed by atoms with Gasteiger partial charge >= 0.3 is 6.18 Å². The maximum absolute atomic E-state index is 13.0. The van der Waals surface area contributed by atoms with Gasteiger partial charge in [0.15, 0.2) is 5.69 Å². The fraction of sp³-hybridized carbons (Fsp3) is 0.409. The summed E-state index contributed by atoms with van der Waals surface area (Å²) >= 11 is 0. The molecule has 0 radical (unpaired) electrons. The molecule has 4 rings (SSSR count). The number of hydrogen-bond donors (Lipinski definition) is 2. The molecular formula is C22H24F3N5O. The van der Waals surface area contributed by atoms with Crippen LogP contribution in [-0.4, -0.2) is 32.4 Å². The second-order valence-corrected chi connectivity index (χ2v) is 7.80. The molecule has 0 bridgehead atoms. The van der Waals surface area contributed by atoms with Gasteiger partial charge in [-0.3, -0.25) is 9.20 Å². The van der Waals surface area contributed by atoms with Crippen molar-refractivity contribution >= 4 is 17.4 Å². The summed E-state index contributed by atoms with van der Waals surface area (Å²) in [5.41, 5.74) is 0.642. The van der Waals surface area contributed by atoms with E-state index in [-0.39, 0.29) is 23.6 Å². The SMILES string of the molecule is CCc1cccc(C(=O)NC2CCC(Nc3cccc4nc(C(F)(F)F)cn34)CC2)n1. The molecule has 3 aromatic rings. The average molecular weight is 431 g/mol. The van der Waals surface area contributed by atoms with E-state index in [1.807, 2.05) is 19.1 Å². The Balaban J connectivity index is 1.36. The number of aryl methyl sites for hydroxylation is 1. The Kier molecular flexibility index (Phi) is 5.84. The van der Waals surface area contributed by atoms with Gasteiger partial charge in [0, 0.05) is 24.0 Å². The van der Waals surface area contributed by atoms with Gasteiger partial charge in [0.1, 0.15) is 17.2 Å². The Morgan fingerprint density at radius 2 is 1.77 bits per heavy atom. The summed E-state index contributed by atoms with van der Waals surface area (Å²) in [7, 11) is 0. The first kappa shape index (κ1) is 21.1. The molecule has 3 heterocycles. The van der Waals surface area contributed by atoms with Gasteiger partial charge in [0.05, 0.1) is 0 Å². The molecule has 2 N–H and O–H groups in total. The molecule has 9 heteroatoms. The number of alkyl halides is 3. The van der Waals surface area contributed by atoms with Crippen LogP contribution in [0.4, 0.5) is 19.0 Å². The largest absolute Gasteiger partial charge is 0.434 e. The summed E-state index contributed by atoms with van der Waals surface area (Å²) in [6.45, 7) is 1.99. The number of imidazole rings is 1. The number of fused-ring (bicyclic) bond motifs is 1. The molecule has 0 aliphatic heterocycles. The second-order valence-electron chi connectivity index (χ2n) is 7.80. The van der Waals surface area contributed by atoms with E-state index >= 15 is 0 Å². The molecule has 1 fully saturated rings. The van der Waals surface area contributed by atoms with E-state index in [1.165, 1.54) is 4.40 Å². The lowest BCUT2D eigenvalue weighted by Gasteiger charge is -2.30. The molecule has 1 aliphatic carbocycles. The number of nitrogens with zero attached hydrogens (tertiary/aromatic N) is 3. The summed E-state index contributed by atoms with van der Waals surface area (Å²) in [5, 5.41) is 6.39. The number of rotatable bonds is 5. The zero-order valence-electron chi connectivity index (χ0n) is 17.1. The number of halogens is 3. The molecule has 164 valence electrons. The number of amides is 1. The van der Waals surface area contributed by atoms with Crippen molar-refractivity contribution in [3.05, 3.63) is 59.7 Å². The Morgan fingerprint density at radius 3 is 2.48 bits per heavy atom. The zero-order valence-corrected chi connectivity index (χ0v) is 17.1. The van der Waals surface area contributed by atoms with Gasteiger partial charge in [-0.25, -0.2) is 9.97 Å². The third-order valence-corrected chi connectivity index (χ3v) is 5.60. The van der Waals surface area contributed by atoms with Crippen molar-refractivity contribution in [2.24, 2.45) is 0 Å². The van der Waals surface area contributed by atoms with Crippen LogP contribution in [0.3, 0.4) is 0 Å². The van der Waals surface area contributed by atoms with Gasteiger partial charge < -0.3 is 10.6 Å². The Labute approximate surface area is 177 Å².